The Morgan fingerprint density at radius 3 is 2.67 bits per heavy atom. The number of hydrogen-bond donors (Lipinski definition) is 2. The second-order valence-corrected chi connectivity index (χ2v) is 4.04. The summed E-state index contributed by atoms with van der Waals surface area (Å²) in [6.45, 7) is 3.94. The van der Waals surface area contributed by atoms with Crippen LogP contribution >= 0.6 is 0 Å². The van der Waals surface area contributed by atoms with Gasteiger partial charge in [-0.25, -0.2) is 0 Å². The highest BCUT2D eigenvalue weighted by Crippen LogP contribution is 2.37. The zero-order chi connectivity index (χ0) is 8.44. The first-order chi connectivity index (χ1) is 5.83. The first kappa shape index (κ1) is 8.48. The zero-order valence-electron chi connectivity index (χ0n) is 7.51. The fourth-order valence-corrected chi connectivity index (χ4v) is 2.40. The van der Waals surface area contributed by atoms with Gasteiger partial charge in [0.2, 0.25) is 0 Å². The summed E-state index contributed by atoms with van der Waals surface area (Å²) in [7, 11) is 0. The number of hydrogen-bond acceptors (Lipinski definition) is 3. The van der Waals surface area contributed by atoms with Gasteiger partial charge in [-0.2, -0.15) is 0 Å². The molecule has 2 rings (SSSR count). The van der Waals surface area contributed by atoms with Crippen molar-refractivity contribution in [3.8, 4) is 0 Å². The predicted octanol–water partition coefficient (Wildman–Crippen LogP) is 0.104. The molecular formula is C9H18N2O. The van der Waals surface area contributed by atoms with Gasteiger partial charge in [0.15, 0.2) is 0 Å². The molecule has 0 aromatic heterocycles. The second-order valence-electron chi connectivity index (χ2n) is 4.04. The standard InChI is InChI=1S/C9H18N2O/c10-8-7-11-4-1-9(8)2-5-12-6-3-9/h8,11H,1-7,10H2. The third-order valence-corrected chi connectivity index (χ3v) is 3.44. The Morgan fingerprint density at radius 2 is 2.00 bits per heavy atom. The van der Waals surface area contributed by atoms with E-state index in [1.165, 1.54) is 6.42 Å². The summed E-state index contributed by atoms with van der Waals surface area (Å²) < 4.78 is 5.37. The molecule has 3 nitrogen and oxygen atoms in total. The Hall–Kier alpha value is -0.120. The summed E-state index contributed by atoms with van der Waals surface area (Å²) in [5.74, 6) is 0. The largest absolute Gasteiger partial charge is 0.381 e. The lowest BCUT2D eigenvalue weighted by atomic mass is 9.70. The van der Waals surface area contributed by atoms with Gasteiger partial charge in [0.1, 0.15) is 0 Å². The molecule has 0 saturated carbocycles. The maximum Gasteiger partial charge on any atom is 0.0471 e. The molecule has 70 valence electrons. The number of nitrogens with one attached hydrogen (secondary N) is 1. The van der Waals surface area contributed by atoms with E-state index in [0.717, 1.165) is 39.1 Å². The van der Waals surface area contributed by atoms with Crippen LogP contribution in [0, 0.1) is 5.41 Å². The fourth-order valence-electron chi connectivity index (χ4n) is 2.40. The van der Waals surface area contributed by atoms with Crippen LogP contribution in [0.4, 0.5) is 0 Å². The van der Waals surface area contributed by atoms with Crippen LogP contribution in [0.25, 0.3) is 0 Å². The lowest BCUT2D eigenvalue weighted by Gasteiger charge is -2.45. The second kappa shape index (κ2) is 3.32. The molecule has 0 aromatic carbocycles. The molecule has 12 heavy (non-hydrogen) atoms. The molecule has 0 bridgehead atoms. The molecule has 2 aliphatic heterocycles. The molecule has 1 atom stereocenters. The minimum atomic E-state index is 0.343. The van der Waals surface area contributed by atoms with Crippen molar-refractivity contribution in [2.45, 2.75) is 25.3 Å². The van der Waals surface area contributed by atoms with Gasteiger partial charge in [-0.15, -0.1) is 0 Å². The Labute approximate surface area is 73.7 Å². The lowest BCUT2D eigenvalue weighted by molar-refractivity contribution is -0.0116. The van der Waals surface area contributed by atoms with E-state index in [-0.39, 0.29) is 0 Å². The van der Waals surface area contributed by atoms with Crippen molar-refractivity contribution in [1.82, 2.24) is 5.32 Å². The third kappa shape index (κ3) is 1.37. The molecule has 1 unspecified atom stereocenters. The molecule has 2 fully saturated rings. The van der Waals surface area contributed by atoms with Crippen molar-refractivity contribution in [2.24, 2.45) is 11.1 Å². The van der Waals surface area contributed by atoms with E-state index in [4.69, 9.17) is 10.5 Å². The van der Waals surface area contributed by atoms with Crippen molar-refractivity contribution in [2.75, 3.05) is 26.3 Å². The third-order valence-electron chi connectivity index (χ3n) is 3.44. The molecule has 0 aromatic rings. The Balaban J connectivity index is 2.04. The van der Waals surface area contributed by atoms with E-state index in [0.29, 0.717) is 11.5 Å². The number of rotatable bonds is 0. The van der Waals surface area contributed by atoms with E-state index < -0.39 is 0 Å². The van der Waals surface area contributed by atoms with Gasteiger partial charge in [-0.1, -0.05) is 0 Å². The maximum absolute atomic E-state index is 6.13. The van der Waals surface area contributed by atoms with Crippen molar-refractivity contribution in [1.29, 1.82) is 0 Å². The average Bonchev–Trinajstić information content (AvgIpc) is 2.12. The fraction of sp³-hybridized carbons (Fsp3) is 1.00. The molecule has 2 saturated heterocycles. The highest BCUT2D eigenvalue weighted by Gasteiger charge is 2.39. The lowest BCUT2D eigenvalue weighted by Crippen LogP contribution is -2.55. The molecule has 0 aliphatic carbocycles. The Kier molecular flexibility index (Phi) is 2.35. The molecule has 2 heterocycles. The normalized spacial score (nSPS) is 35.2. The van der Waals surface area contributed by atoms with Gasteiger partial charge in [0.05, 0.1) is 0 Å². The van der Waals surface area contributed by atoms with Crippen molar-refractivity contribution >= 4 is 0 Å². The van der Waals surface area contributed by atoms with Gasteiger partial charge < -0.3 is 15.8 Å². The highest BCUT2D eigenvalue weighted by atomic mass is 16.5. The number of ether oxygens (including phenoxy) is 1. The first-order valence-electron chi connectivity index (χ1n) is 4.88. The van der Waals surface area contributed by atoms with E-state index in [1.54, 1.807) is 0 Å². The smallest absolute Gasteiger partial charge is 0.0471 e. The summed E-state index contributed by atoms with van der Waals surface area (Å²) in [6.07, 6.45) is 3.56. The topological polar surface area (TPSA) is 47.3 Å². The summed E-state index contributed by atoms with van der Waals surface area (Å²) in [6, 6.07) is 0.343. The van der Waals surface area contributed by atoms with Gasteiger partial charge in [-0.3, -0.25) is 0 Å². The monoisotopic (exact) mass is 170 g/mol. The van der Waals surface area contributed by atoms with Gasteiger partial charge in [0.25, 0.3) is 0 Å². The number of piperidine rings is 1. The zero-order valence-corrected chi connectivity index (χ0v) is 7.51. The van der Waals surface area contributed by atoms with E-state index in [1.807, 2.05) is 0 Å². The van der Waals surface area contributed by atoms with E-state index >= 15 is 0 Å². The summed E-state index contributed by atoms with van der Waals surface area (Å²) >= 11 is 0. The summed E-state index contributed by atoms with van der Waals surface area (Å²) in [4.78, 5) is 0. The van der Waals surface area contributed by atoms with Gasteiger partial charge >= 0.3 is 0 Å². The van der Waals surface area contributed by atoms with Crippen molar-refractivity contribution in [3.63, 3.8) is 0 Å². The van der Waals surface area contributed by atoms with E-state index in [2.05, 4.69) is 5.32 Å². The quantitative estimate of drug-likeness (QED) is 0.542. The van der Waals surface area contributed by atoms with Gasteiger partial charge in [-0.05, 0) is 31.2 Å². The first-order valence-corrected chi connectivity index (χ1v) is 4.88. The van der Waals surface area contributed by atoms with Gasteiger partial charge in [0, 0.05) is 25.8 Å². The van der Waals surface area contributed by atoms with Crippen LogP contribution in [0.3, 0.4) is 0 Å². The molecule has 0 radical (unpaired) electrons. The number of nitrogens with two attached hydrogens (primary N) is 1. The minimum absolute atomic E-state index is 0.343. The Bertz CT molecular complexity index is 146. The summed E-state index contributed by atoms with van der Waals surface area (Å²) in [5, 5.41) is 3.34. The van der Waals surface area contributed by atoms with Crippen LogP contribution in [-0.2, 0) is 4.74 Å². The van der Waals surface area contributed by atoms with Crippen LogP contribution in [0.2, 0.25) is 0 Å². The van der Waals surface area contributed by atoms with Crippen LogP contribution in [0.5, 0.6) is 0 Å². The molecular weight excluding hydrogens is 152 g/mol. The minimum Gasteiger partial charge on any atom is -0.381 e. The van der Waals surface area contributed by atoms with Crippen molar-refractivity contribution < 1.29 is 4.74 Å². The van der Waals surface area contributed by atoms with E-state index in [9.17, 15) is 0 Å². The SMILES string of the molecule is NC1CNCCC12CCOCC2. The van der Waals surface area contributed by atoms with Crippen LogP contribution in [0.1, 0.15) is 19.3 Å². The van der Waals surface area contributed by atoms with Crippen LogP contribution in [0.15, 0.2) is 0 Å². The van der Waals surface area contributed by atoms with Crippen LogP contribution in [-0.4, -0.2) is 32.3 Å². The van der Waals surface area contributed by atoms with Crippen LogP contribution < -0.4 is 11.1 Å². The predicted molar refractivity (Wildman–Crippen MR) is 47.9 cm³/mol. The maximum atomic E-state index is 6.13. The molecule has 3 N–H and O–H groups in total. The molecule has 2 aliphatic rings. The average molecular weight is 170 g/mol. The van der Waals surface area contributed by atoms with Crippen molar-refractivity contribution in [3.05, 3.63) is 0 Å². The highest BCUT2D eigenvalue weighted by molar-refractivity contribution is 4.95. The molecule has 3 heteroatoms. The Morgan fingerprint density at radius 1 is 1.25 bits per heavy atom. The summed E-state index contributed by atoms with van der Waals surface area (Å²) in [5.41, 5.74) is 6.53. The molecule has 0 amide bonds. The molecule has 1 spiro atoms.